The van der Waals surface area contributed by atoms with Gasteiger partial charge in [-0.1, -0.05) is 54.2 Å². The quantitative estimate of drug-likeness (QED) is 0.823. The summed E-state index contributed by atoms with van der Waals surface area (Å²) < 4.78 is 5.35. The number of hydrogen-bond donors (Lipinski definition) is 0. The lowest BCUT2D eigenvalue weighted by Crippen LogP contribution is -2.30. The number of hydrogen-bond acceptors (Lipinski definition) is 4. The molecule has 0 bridgehead atoms. The Hall–Kier alpha value is -1.94. The van der Waals surface area contributed by atoms with Crippen molar-refractivity contribution >= 4 is 16.9 Å². The first-order chi connectivity index (χ1) is 11.3. The van der Waals surface area contributed by atoms with Crippen molar-refractivity contribution in [1.82, 2.24) is 4.90 Å². The van der Waals surface area contributed by atoms with Gasteiger partial charge in [0.1, 0.15) is 5.75 Å². The van der Waals surface area contributed by atoms with Gasteiger partial charge in [-0.25, -0.2) is 0 Å². The highest BCUT2D eigenvalue weighted by Crippen LogP contribution is 2.22. The Morgan fingerprint density at radius 1 is 1.04 bits per heavy atom. The SMILES string of the molecule is COc1cccc(CN(Cc2ccccc2)C2=NCCCS2)c1. The number of aliphatic imine (C=N–C) groups is 1. The fourth-order valence-electron chi connectivity index (χ4n) is 2.63. The third-order valence-electron chi connectivity index (χ3n) is 3.78. The van der Waals surface area contributed by atoms with Crippen LogP contribution in [-0.4, -0.2) is 29.5 Å². The first kappa shape index (κ1) is 15.9. The van der Waals surface area contributed by atoms with Crippen LogP contribution in [-0.2, 0) is 13.1 Å². The molecule has 0 amide bonds. The first-order valence-corrected chi connectivity index (χ1v) is 8.93. The smallest absolute Gasteiger partial charge is 0.159 e. The second-order valence-corrected chi connectivity index (χ2v) is 6.62. The second kappa shape index (κ2) is 8.06. The highest BCUT2D eigenvalue weighted by atomic mass is 32.2. The van der Waals surface area contributed by atoms with Crippen LogP contribution in [0.2, 0.25) is 0 Å². The highest BCUT2D eigenvalue weighted by molar-refractivity contribution is 8.13. The Morgan fingerprint density at radius 3 is 2.57 bits per heavy atom. The van der Waals surface area contributed by atoms with Crippen LogP contribution in [0.15, 0.2) is 59.6 Å². The maximum absolute atomic E-state index is 5.35. The summed E-state index contributed by atoms with van der Waals surface area (Å²) in [6.07, 6.45) is 1.17. The summed E-state index contributed by atoms with van der Waals surface area (Å²) >= 11 is 1.86. The third kappa shape index (κ3) is 4.52. The summed E-state index contributed by atoms with van der Waals surface area (Å²) in [5.41, 5.74) is 2.55. The number of amidine groups is 1. The topological polar surface area (TPSA) is 24.8 Å². The van der Waals surface area contributed by atoms with Gasteiger partial charge in [0.15, 0.2) is 5.17 Å². The normalized spacial score (nSPS) is 14.2. The molecule has 0 atom stereocenters. The zero-order valence-corrected chi connectivity index (χ0v) is 14.3. The highest BCUT2D eigenvalue weighted by Gasteiger charge is 2.16. The van der Waals surface area contributed by atoms with E-state index in [1.807, 2.05) is 23.9 Å². The van der Waals surface area contributed by atoms with Gasteiger partial charge in [-0.15, -0.1) is 0 Å². The van der Waals surface area contributed by atoms with E-state index >= 15 is 0 Å². The molecule has 2 aromatic carbocycles. The van der Waals surface area contributed by atoms with Crippen molar-refractivity contribution in [2.24, 2.45) is 4.99 Å². The van der Waals surface area contributed by atoms with E-state index in [9.17, 15) is 0 Å². The summed E-state index contributed by atoms with van der Waals surface area (Å²) in [7, 11) is 1.71. The van der Waals surface area contributed by atoms with Crippen molar-refractivity contribution in [3.63, 3.8) is 0 Å². The van der Waals surface area contributed by atoms with Crippen LogP contribution >= 0.6 is 11.8 Å². The monoisotopic (exact) mass is 326 g/mol. The lowest BCUT2D eigenvalue weighted by atomic mass is 10.1. The largest absolute Gasteiger partial charge is 0.497 e. The van der Waals surface area contributed by atoms with Crippen LogP contribution in [0.5, 0.6) is 5.75 Å². The number of nitrogens with zero attached hydrogens (tertiary/aromatic N) is 2. The van der Waals surface area contributed by atoms with E-state index in [0.717, 1.165) is 36.3 Å². The number of ether oxygens (including phenoxy) is 1. The summed E-state index contributed by atoms with van der Waals surface area (Å²) in [6.45, 7) is 2.66. The van der Waals surface area contributed by atoms with Gasteiger partial charge in [-0.2, -0.15) is 0 Å². The van der Waals surface area contributed by atoms with E-state index in [1.54, 1.807) is 7.11 Å². The van der Waals surface area contributed by atoms with Crippen LogP contribution in [0.1, 0.15) is 17.5 Å². The van der Waals surface area contributed by atoms with E-state index in [0.29, 0.717) is 0 Å². The molecule has 4 heteroatoms. The Bertz CT molecular complexity index is 657. The zero-order chi connectivity index (χ0) is 15.9. The van der Waals surface area contributed by atoms with E-state index < -0.39 is 0 Å². The zero-order valence-electron chi connectivity index (χ0n) is 13.4. The van der Waals surface area contributed by atoms with E-state index in [-0.39, 0.29) is 0 Å². The minimum Gasteiger partial charge on any atom is -0.497 e. The molecule has 0 saturated carbocycles. The fourth-order valence-corrected chi connectivity index (χ4v) is 3.58. The predicted octanol–water partition coefficient (Wildman–Crippen LogP) is 4.19. The van der Waals surface area contributed by atoms with Crippen LogP contribution in [0.4, 0.5) is 0 Å². The first-order valence-electron chi connectivity index (χ1n) is 7.94. The molecule has 3 nitrogen and oxygen atoms in total. The number of benzene rings is 2. The molecule has 23 heavy (non-hydrogen) atoms. The van der Waals surface area contributed by atoms with Gasteiger partial charge in [0, 0.05) is 25.4 Å². The fraction of sp³-hybridized carbons (Fsp3) is 0.316. The molecule has 0 N–H and O–H groups in total. The number of rotatable bonds is 5. The third-order valence-corrected chi connectivity index (χ3v) is 4.91. The van der Waals surface area contributed by atoms with Crippen molar-refractivity contribution in [3.8, 4) is 5.75 Å². The molecule has 0 aliphatic carbocycles. The summed E-state index contributed by atoms with van der Waals surface area (Å²) in [4.78, 5) is 7.11. The van der Waals surface area contributed by atoms with Crippen molar-refractivity contribution in [3.05, 3.63) is 65.7 Å². The molecule has 120 valence electrons. The van der Waals surface area contributed by atoms with Gasteiger partial charge >= 0.3 is 0 Å². The lowest BCUT2D eigenvalue weighted by molar-refractivity contribution is 0.402. The number of thioether (sulfide) groups is 1. The Kier molecular flexibility index (Phi) is 5.59. The van der Waals surface area contributed by atoms with Crippen LogP contribution < -0.4 is 4.74 Å². The van der Waals surface area contributed by atoms with E-state index in [4.69, 9.17) is 9.73 Å². The van der Waals surface area contributed by atoms with Crippen molar-refractivity contribution in [2.75, 3.05) is 19.4 Å². The Labute approximate surface area is 142 Å². The molecular formula is C19H22N2OS. The molecule has 0 saturated heterocycles. The molecular weight excluding hydrogens is 304 g/mol. The standard InChI is InChI=1S/C19H22N2OS/c1-22-18-10-5-9-17(13-18)15-21(19-20-11-6-12-23-19)14-16-7-3-2-4-8-16/h2-5,7-10,13H,6,11-12,14-15H2,1H3. The summed E-state index contributed by atoms with van der Waals surface area (Å²) in [5.74, 6) is 2.06. The molecule has 2 aromatic rings. The van der Waals surface area contributed by atoms with Gasteiger partial charge in [-0.05, 0) is 29.7 Å². The predicted molar refractivity (Wildman–Crippen MR) is 98.1 cm³/mol. The van der Waals surface area contributed by atoms with Gasteiger partial charge < -0.3 is 9.64 Å². The molecule has 1 aliphatic rings. The summed E-state index contributed by atoms with van der Waals surface area (Å²) in [6, 6.07) is 18.9. The van der Waals surface area contributed by atoms with Gasteiger partial charge in [0.2, 0.25) is 0 Å². The second-order valence-electron chi connectivity index (χ2n) is 5.56. The lowest BCUT2D eigenvalue weighted by Gasteiger charge is -2.28. The van der Waals surface area contributed by atoms with Crippen LogP contribution in [0, 0.1) is 0 Å². The molecule has 3 rings (SSSR count). The van der Waals surface area contributed by atoms with Crippen molar-refractivity contribution in [2.45, 2.75) is 19.5 Å². The molecule has 0 fully saturated rings. The Morgan fingerprint density at radius 2 is 1.83 bits per heavy atom. The Balaban J connectivity index is 1.80. The molecule has 0 spiro atoms. The molecule has 1 aliphatic heterocycles. The van der Waals surface area contributed by atoms with Crippen LogP contribution in [0.3, 0.4) is 0 Å². The molecule has 1 heterocycles. The van der Waals surface area contributed by atoms with Crippen molar-refractivity contribution in [1.29, 1.82) is 0 Å². The van der Waals surface area contributed by atoms with E-state index in [2.05, 4.69) is 47.4 Å². The van der Waals surface area contributed by atoms with Crippen LogP contribution in [0.25, 0.3) is 0 Å². The van der Waals surface area contributed by atoms with E-state index in [1.165, 1.54) is 17.5 Å². The average molecular weight is 326 g/mol. The average Bonchev–Trinajstić information content (AvgIpc) is 2.63. The summed E-state index contributed by atoms with van der Waals surface area (Å²) in [5, 5.41) is 1.16. The number of methoxy groups -OCH3 is 1. The van der Waals surface area contributed by atoms with Gasteiger partial charge in [0.25, 0.3) is 0 Å². The van der Waals surface area contributed by atoms with Gasteiger partial charge in [0.05, 0.1) is 7.11 Å². The van der Waals surface area contributed by atoms with Gasteiger partial charge in [-0.3, -0.25) is 4.99 Å². The molecule has 0 aromatic heterocycles. The molecule has 0 radical (unpaired) electrons. The minimum absolute atomic E-state index is 0.845. The molecule has 0 unspecified atom stereocenters. The maximum atomic E-state index is 5.35. The maximum Gasteiger partial charge on any atom is 0.159 e. The minimum atomic E-state index is 0.845. The van der Waals surface area contributed by atoms with Crippen molar-refractivity contribution < 1.29 is 4.74 Å².